The summed E-state index contributed by atoms with van der Waals surface area (Å²) in [6.45, 7) is 0.636. The molecule has 2 rings (SSSR count). The van der Waals surface area contributed by atoms with Gasteiger partial charge in [-0.05, 0) is 29.3 Å². The Balaban J connectivity index is 2.11. The Labute approximate surface area is 124 Å². The Morgan fingerprint density at radius 2 is 1.76 bits per heavy atom. The minimum atomic E-state index is -3.63. The molecule has 5 nitrogen and oxygen atoms in total. The van der Waals surface area contributed by atoms with Crippen LogP contribution in [0, 0.1) is 11.3 Å². The lowest BCUT2D eigenvalue weighted by atomic mass is 10.1. The molecule has 6 heteroatoms. The largest absolute Gasteiger partial charge is 0.326 e. The second kappa shape index (κ2) is 6.50. The highest BCUT2D eigenvalue weighted by molar-refractivity contribution is 7.89. The van der Waals surface area contributed by atoms with Gasteiger partial charge in [-0.25, -0.2) is 13.1 Å². The van der Waals surface area contributed by atoms with E-state index in [-0.39, 0.29) is 11.4 Å². The summed E-state index contributed by atoms with van der Waals surface area (Å²) in [5, 5.41) is 8.81. The van der Waals surface area contributed by atoms with Crippen LogP contribution in [-0.4, -0.2) is 8.42 Å². The summed E-state index contributed by atoms with van der Waals surface area (Å²) >= 11 is 0. The fourth-order valence-electron chi connectivity index (χ4n) is 1.79. The van der Waals surface area contributed by atoms with Crippen LogP contribution in [0.25, 0.3) is 0 Å². The van der Waals surface area contributed by atoms with Gasteiger partial charge < -0.3 is 5.73 Å². The molecule has 0 saturated heterocycles. The topological polar surface area (TPSA) is 96.0 Å². The van der Waals surface area contributed by atoms with Crippen molar-refractivity contribution in [3.63, 3.8) is 0 Å². The van der Waals surface area contributed by atoms with Crippen LogP contribution in [0.3, 0.4) is 0 Å². The Kier molecular flexibility index (Phi) is 4.70. The maximum absolute atomic E-state index is 12.2. The molecule has 21 heavy (non-hydrogen) atoms. The van der Waals surface area contributed by atoms with E-state index >= 15 is 0 Å². The Bertz CT molecular complexity index is 762. The third-order valence-corrected chi connectivity index (χ3v) is 4.40. The minimum Gasteiger partial charge on any atom is -0.326 e. The lowest BCUT2D eigenvalue weighted by molar-refractivity contribution is 0.581. The van der Waals surface area contributed by atoms with Gasteiger partial charge in [0.15, 0.2) is 0 Å². The molecule has 0 aromatic heterocycles. The molecule has 0 amide bonds. The second-order valence-corrected chi connectivity index (χ2v) is 6.25. The summed E-state index contributed by atoms with van der Waals surface area (Å²) in [6.07, 6.45) is 0. The molecule has 3 N–H and O–H groups in total. The van der Waals surface area contributed by atoms with Crippen LogP contribution in [0.5, 0.6) is 0 Å². The average Bonchev–Trinajstić information content (AvgIpc) is 2.53. The van der Waals surface area contributed by atoms with Gasteiger partial charge in [0.05, 0.1) is 16.5 Å². The molecule has 0 aliphatic heterocycles. The second-order valence-electron chi connectivity index (χ2n) is 4.48. The van der Waals surface area contributed by atoms with Crippen LogP contribution in [0.2, 0.25) is 0 Å². The summed E-state index contributed by atoms with van der Waals surface area (Å²) in [7, 11) is -3.63. The molecule has 108 valence electrons. The van der Waals surface area contributed by atoms with Gasteiger partial charge in [-0.2, -0.15) is 5.26 Å². The molecule has 0 bridgehead atoms. The summed E-state index contributed by atoms with van der Waals surface area (Å²) in [5.41, 5.74) is 7.65. The lowest BCUT2D eigenvalue weighted by Gasteiger charge is -2.07. The number of nitrogens with zero attached hydrogens (tertiary/aromatic N) is 1. The number of sulfonamides is 1. The van der Waals surface area contributed by atoms with E-state index in [4.69, 9.17) is 11.0 Å². The summed E-state index contributed by atoms with van der Waals surface area (Å²) in [6, 6.07) is 15.2. The van der Waals surface area contributed by atoms with Gasteiger partial charge >= 0.3 is 0 Å². The molecule has 0 aliphatic carbocycles. The van der Waals surface area contributed by atoms with Crippen molar-refractivity contribution in [1.82, 2.24) is 4.72 Å². The minimum absolute atomic E-state index is 0.0835. The molecular weight excluding hydrogens is 286 g/mol. The molecule has 0 saturated carbocycles. The maximum Gasteiger partial charge on any atom is 0.240 e. The number of rotatable bonds is 5. The number of hydrogen-bond acceptors (Lipinski definition) is 4. The number of nitrogens with two attached hydrogens (primary N) is 1. The summed E-state index contributed by atoms with van der Waals surface area (Å²) in [5.74, 6) is 0. The highest BCUT2D eigenvalue weighted by Crippen LogP contribution is 2.12. The van der Waals surface area contributed by atoms with Gasteiger partial charge in [-0.3, -0.25) is 0 Å². The molecule has 2 aromatic rings. The van der Waals surface area contributed by atoms with Gasteiger partial charge in [-0.1, -0.05) is 30.3 Å². The molecule has 0 heterocycles. The number of benzene rings is 2. The van der Waals surface area contributed by atoms with E-state index in [1.54, 1.807) is 12.1 Å². The molecule has 2 aromatic carbocycles. The third kappa shape index (κ3) is 3.89. The van der Waals surface area contributed by atoms with Crippen LogP contribution in [0.4, 0.5) is 0 Å². The van der Waals surface area contributed by atoms with E-state index < -0.39 is 10.0 Å². The van der Waals surface area contributed by atoms with Gasteiger partial charge in [0, 0.05) is 13.1 Å². The first-order chi connectivity index (χ1) is 10.0. The van der Waals surface area contributed by atoms with Crippen molar-refractivity contribution in [2.24, 2.45) is 5.73 Å². The molecular formula is C15H15N3O2S. The van der Waals surface area contributed by atoms with E-state index in [1.165, 1.54) is 12.1 Å². The first kappa shape index (κ1) is 15.2. The molecule has 0 spiro atoms. The van der Waals surface area contributed by atoms with Crippen LogP contribution in [0.1, 0.15) is 16.7 Å². The first-order valence-electron chi connectivity index (χ1n) is 6.33. The van der Waals surface area contributed by atoms with Crippen molar-refractivity contribution in [3.05, 3.63) is 65.2 Å². The van der Waals surface area contributed by atoms with Crippen LogP contribution >= 0.6 is 0 Å². The van der Waals surface area contributed by atoms with E-state index in [0.717, 1.165) is 11.1 Å². The summed E-state index contributed by atoms with van der Waals surface area (Å²) in [4.78, 5) is 0.0835. The Hall–Kier alpha value is -2.20. The molecule has 0 atom stereocenters. The van der Waals surface area contributed by atoms with Crippen molar-refractivity contribution in [2.45, 2.75) is 18.0 Å². The molecule has 0 aliphatic rings. The zero-order valence-corrected chi connectivity index (χ0v) is 12.1. The quantitative estimate of drug-likeness (QED) is 0.874. The van der Waals surface area contributed by atoms with Crippen molar-refractivity contribution in [3.8, 4) is 6.07 Å². The molecule has 0 unspecified atom stereocenters. The van der Waals surface area contributed by atoms with Crippen molar-refractivity contribution in [1.29, 1.82) is 5.26 Å². The smallest absolute Gasteiger partial charge is 0.240 e. The number of hydrogen-bond donors (Lipinski definition) is 2. The van der Waals surface area contributed by atoms with E-state index in [0.29, 0.717) is 12.1 Å². The molecule has 0 fully saturated rings. The number of nitrogens with one attached hydrogen (secondary N) is 1. The maximum atomic E-state index is 12.2. The zero-order valence-electron chi connectivity index (χ0n) is 11.3. The molecule has 0 radical (unpaired) electrons. The van der Waals surface area contributed by atoms with E-state index in [9.17, 15) is 8.42 Å². The van der Waals surface area contributed by atoms with Crippen molar-refractivity contribution >= 4 is 10.0 Å². The average molecular weight is 301 g/mol. The Morgan fingerprint density at radius 3 is 2.38 bits per heavy atom. The van der Waals surface area contributed by atoms with Gasteiger partial charge in [0.25, 0.3) is 0 Å². The van der Waals surface area contributed by atoms with Crippen molar-refractivity contribution < 1.29 is 8.42 Å². The summed E-state index contributed by atoms with van der Waals surface area (Å²) < 4.78 is 26.8. The van der Waals surface area contributed by atoms with E-state index in [2.05, 4.69) is 4.72 Å². The highest BCUT2D eigenvalue weighted by Gasteiger charge is 2.14. The van der Waals surface area contributed by atoms with Gasteiger partial charge in [0.1, 0.15) is 0 Å². The monoisotopic (exact) mass is 301 g/mol. The fraction of sp³-hybridized carbons (Fsp3) is 0.133. The first-order valence-corrected chi connectivity index (χ1v) is 7.81. The predicted octanol–water partition coefficient (Wildman–Crippen LogP) is 1.50. The van der Waals surface area contributed by atoms with Crippen LogP contribution in [0.15, 0.2) is 53.4 Å². The Morgan fingerprint density at radius 1 is 1.10 bits per heavy atom. The SMILES string of the molecule is N#Cc1cccc(S(=O)(=O)NCc2ccc(CN)cc2)c1. The third-order valence-electron chi connectivity index (χ3n) is 3.00. The van der Waals surface area contributed by atoms with Crippen LogP contribution in [-0.2, 0) is 23.1 Å². The fourth-order valence-corrected chi connectivity index (χ4v) is 2.85. The zero-order chi connectivity index (χ0) is 15.3. The van der Waals surface area contributed by atoms with Gasteiger partial charge in [0.2, 0.25) is 10.0 Å². The standard InChI is InChI=1S/C15H15N3O2S/c16-9-12-4-6-13(7-5-12)11-18-21(19,20)15-3-1-2-14(8-15)10-17/h1-8,18H,9,11,16H2. The van der Waals surface area contributed by atoms with Gasteiger partial charge in [-0.15, -0.1) is 0 Å². The van der Waals surface area contributed by atoms with E-state index in [1.807, 2.05) is 30.3 Å². The van der Waals surface area contributed by atoms with Crippen LogP contribution < -0.4 is 10.5 Å². The lowest BCUT2D eigenvalue weighted by Crippen LogP contribution is -2.23. The predicted molar refractivity (Wildman–Crippen MR) is 79.5 cm³/mol. The number of nitriles is 1. The van der Waals surface area contributed by atoms with Crippen molar-refractivity contribution in [2.75, 3.05) is 0 Å². The normalized spacial score (nSPS) is 11.0. The highest BCUT2D eigenvalue weighted by atomic mass is 32.2.